The Labute approximate surface area is 101 Å². The number of amides is 1. The first-order valence-corrected chi connectivity index (χ1v) is 4.98. The number of rotatable bonds is 3. The molecule has 1 amide bonds. The van der Waals surface area contributed by atoms with Gasteiger partial charge >= 0.3 is 0 Å². The quantitative estimate of drug-likeness (QED) is 0.864. The summed E-state index contributed by atoms with van der Waals surface area (Å²) in [5, 5.41) is 1.36. The summed E-state index contributed by atoms with van der Waals surface area (Å²) in [6, 6.07) is 9.65. The van der Waals surface area contributed by atoms with Gasteiger partial charge in [0.1, 0.15) is 6.61 Å². The minimum absolute atomic E-state index is 0. The van der Waals surface area contributed by atoms with Crippen molar-refractivity contribution in [1.82, 2.24) is 5.06 Å². The smallest absolute Gasteiger partial charge is 0.247 e. The molecule has 1 saturated heterocycles. The van der Waals surface area contributed by atoms with Gasteiger partial charge in [0.2, 0.25) is 5.91 Å². The second kappa shape index (κ2) is 5.84. The molecule has 2 rings (SSSR count). The van der Waals surface area contributed by atoms with Gasteiger partial charge in [0.15, 0.2) is 0 Å². The van der Waals surface area contributed by atoms with Crippen LogP contribution in [0.15, 0.2) is 30.3 Å². The van der Waals surface area contributed by atoms with Crippen molar-refractivity contribution < 1.29 is 9.63 Å². The van der Waals surface area contributed by atoms with Gasteiger partial charge in [-0.15, -0.1) is 12.4 Å². The summed E-state index contributed by atoms with van der Waals surface area (Å²) in [5.41, 5.74) is 6.69. The van der Waals surface area contributed by atoms with Crippen molar-refractivity contribution in [1.29, 1.82) is 0 Å². The Balaban J connectivity index is 0.00000128. The number of nitrogens with zero attached hydrogens (tertiary/aromatic N) is 1. The van der Waals surface area contributed by atoms with E-state index >= 15 is 0 Å². The molecular weight excluding hydrogens is 228 g/mol. The molecule has 1 atom stereocenters. The Morgan fingerprint density at radius 1 is 1.38 bits per heavy atom. The van der Waals surface area contributed by atoms with Crippen molar-refractivity contribution in [3.63, 3.8) is 0 Å². The van der Waals surface area contributed by atoms with Gasteiger partial charge in [-0.3, -0.25) is 9.63 Å². The zero-order valence-corrected chi connectivity index (χ0v) is 9.65. The van der Waals surface area contributed by atoms with Crippen LogP contribution in [0, 0.1) is 0 Å². The second-order valence-electron chi connectivity index (χ2n) is 3.68. The molecule has 1 aliphatic rings. The standard InChI is InChI=1S/C11H14N2O2.ClH/c12-10-6-11(14)13(7-10)15-8-9-4-2-1-3-5-9;/h1-5,10H,6-8,12H2;1H. The summed E-state index contributed by atoms with van der Waals surface area (Å²) in [5.74, 6) is -0.0292. The summed E-state index contributed by atoms with van der Waals surface area (Å²) in [6.45, 7) is 0.908. The van der Waals surface area contributed by atoms with E-state index in [1.54, 1.807) is 0 Å². The number of nitrogens with two attached hydrogens (primary N) is 1. The SMILES string of the molecule is Cl.NC1CC(=O)N(OCc2ccccc2)C1. The lowest BCUT2D eigenvalue weighted by Crippen LogP contribution is -2.28. The largest absolute Gasteiger partial charge is 0.326 e. The van der Waals surface area contributed by atoms with Gasteiger partial charge in [0, 0.05) is 12.5 Å². The molecule has 1 aliphatic heterocycles. The van der Waals surface area contributed by atoms with E-state index in [2.05, 4.69) is 0 Å². The third-order valence-corrected chi connectivity index (χ3v) is 2.35. The van der Waals surface area contributed by atoms with Gasteiger partial charge in [-0.05, 0) is 5.56 Å². The Bertz CT molecular complexity index is 345. The van der Waals surface area contributed by atoms with Crippen LogP contribution in [0.4, 0.5) is 0 Å². The predicted molar refractivity (Wildman–Crippen MR) is 62.8 cm³/mol. The zero-order chi connectivity index (χ0) is 10.7. The fraction of sp³-hybridized carbons (Fsp3) is 0.364. The molecule has 0 spiro atoms. The molecule has 0 radical (unpaired) electrons. The summed E-state index contributed by atoms with van der Waals surface area (Å²) in [7, 11) is 0. The molecular formula is C11H15ClN2O2. The van der Waals surface area contributed by atoms with Gasteiger partial charge < -0.3 is 5.73 Å². The van der Waals surface area contributed by atoms with Crippen molar-refractivity contribution in [3.05, 3.63) is 35.9 Å². The first-order valence-electron chi connectivity index (χ1n) is 4.98. The van der Waals surface area contributed by atoms with Crippen LogP contribution in [-0.4, -0.2) is 23.6 Å². The molecule has 0 aliphatic carbocycles. The highest BCUT2D eigenvalue weighted by Crippen LogP contribution is 2.11. The maximum atomic E-state index is 11.3. The first kappa shape index (κ1) is 13.0. The highest BCUT2D eigenvalue weighted by molar-refractivity contribution is 5.85. The minimum atomic E-state index is -0.0896. The second-order valence-corrected chi connectivity index (χ2v) is 3.68. The molecule has 2 N–H and O–H groups in total. The normalized spacial score (nSPS) is 19.7. The molecule has 1 heterocycles. The topological polar surface area (TPSA) is 55.6 Å². The summed E-state index contributed by atoms with van der Waals surface area (Å²) in [6.07, 6.45) is 0.384. The number of carbonyl (C=O) groups is 1. The van der Waals surface area contributed by atoms with E-state index in [0.29, 0.717) is 19.6 Å². The Kier molecular flexibility index (Phi) is 4.73. The van der Waals surface area contributed by atoms with Crippen LogP contribution in [0.1, 0.15) is 12.0 Å². The average Bonchev–Trinajstić information content (AvgIpc) is 2.56. The highest BCUT2D eigenvalue weighted by Gasteiger charge is 2.27. The first-order chi connectivity index (χ1) is 7.25. The van der Waals surface area contributed by atoms with Crippen LogP contribution in [-0.2, 0) is 16.2 Å². The van der Waals surface area contributed by atoms with E-state index in [0.717, 1.165) is 5.56 Å². The Morgan fingerprint density at radius 2 is 2.06 bits per heavy atom. The van der Waals surface area contributed by atoms with E-state index in [4.69, 9.17) is 10.6 Å². The van der Waals surface area contributed by atoms with Gasteiger partial charge in [-0.25, -0.2) is 5.06 Å². The monoisotopic (exact) mass is 242 g/mol. The van der Waals surface area contributed by atoms with E-state index < -0.39 is 0 Å². The fourth-order valence-corrected chi connectivity index (χ4v) is 1.56. The van der Waals surface area contributed by atoms with Crippen molar-refractivity contribution in [2.24, 2.45) is 5.73 Å². The number of carbonyl (C=O) groups excluding carboxylic acids is 1. The van der Waals surface area contributed by atoms with Gasteiger partial charge in [-0.2, -0.15) is 0 Å². The van der Waals surface area contributed by atoms with Crippen molar-refractivity contribution >= 4 is 18.3 Å². The Hall–Kier alpha value is -1.10. The van der Waals surface area contributed by atoms with Crippen molar-refractivity contribution in [2.45, 2.75) is 19.1 Å². The van der Waals surface area contributed by atoms with E-state index in [9.17, 15) is 4.79 Å². The summed E-state index contributed by atoms with van der Waals surface area (Å²) in [4.78, 5) is 16.7. The van der Waals surface area contributed by atoms with Gasteiger partial charge in [0.25, 0.3) is 0 Å². The number of hydrogen-bond acceptors (Lipinski definition) is 3. The van der Waals surface area contributed by atoms with Crippen LogP contribution in [0.5, 0.6) is 0 Å². The lowest BCUT2D eigenvalue weighted by molar-refractivity contribution is -0.182. The van der Waals surface area contributed by atoms with Crippen LogP contribution in [0.25, 0.3) is 0 Å². The van der Waals surface area contributed by atoms with E-state index in [-0.39, 0.29) is 24.4 Å². The van der Waals surface area contributed by atoms with Crippen LogP contribution in [0.2, 0.25) is 0 Å². The van der Waals surface area contributed by atoms with Gasteiger partial charge in [0.05, 0.1) is 6.54 Å². The average molecular weight is 243 g/mol. The van der Waals surface area contributed by atoms with Gasteiger partial charge in [-0.1, -0.05) is 30.3 Å². The molecule has 1 aromatic rings. The summed E-state index contributed by atoms with van der Waals surface area (Å²) >= 11 is 0. The van der Waals surface area contributed by atoms with Crippen molar-refractivity contribution in [2.75, 3.05) is 6.54 Å². The number of halogens is 1. The zero-order valence-electron chi connectivity index (χ0n) is 8.83. The van der Waals surface area contributed by atoms with Crippen LogP contribution < -0.4 is 5.73 Å². The molecule has 0 aromatic heterocycles. The molecule has 0 bridgehead atoms. The van der Waals surface area contributed by atoms with Crippen molar-refractivity contribution in [3.8, 4) is 0 Å². The molecule has 0 saturated carbocycles. The Morgan fingerprint density at radius 3 is 2.62 bits per heavy atom. The molecule has 4 nitrogen and oxygen atoms in total. The third kappa shape index (κ3) is 3.20. The maximum Gasteiger partial charge on any atom is 0.247 e. The number of hydroxylamine groups is 2. The highest BCUT2D eigenvalue weighted by atomic mass is 35.5. The van der Waals surface area contributed by atoms with Crippen LogP contribution >= 0.6 is 12.4 Å². The predicted octanol–water partition coefficient (Wildman–Crippen LogP) is 1.10. The molecule has 1 unspecified atom stereocenters. The lowest BCUT2D eigenvalue weighted by atomic mass is 10.2. The van der Waals surface area contributed by atoms with E-state index in [1.165, 1.54) is 5.06 Å². The molecule has 16 heavy (non-hydrogen) atoms. The summed E-state index contributed by atoms with van der Waals surface area (Å²) < 4.78 is 0. The lowest BCUT2D eigenvalue weighted by Gasteiger charge is -2.15. The molecule has 1 aromatic carbocycles. The molecule has 88 valence electrons. The molecule has 1 fully saturated rings. The number of benzene rings is 1. The van der Waals surface area contributed by atoms with Crippen LogP contribution in [0.3, 0.4) is 0 Å². The molecule has 5 heteroatoms. The van der Waals surface area contributed by atoms with E-state index in [1.807, 2.05) is 30.3 Å². The third-order valence-electron chi connectivity index (χ3n) is 2.35. The number of hydrogen-bond donors (Lipinski definition) is 1. The maximum absolute atomic E-state index is 11.3. The fourth-order valence-electron chi connectivity index (χ4n) is 1.56. The minimum Gasteiger partial charge on any atom is -0.326 e.